The summed E-state index contributed by atoms with van der Waals surface area (Å²) in [7, 11) is 0. The lowest BCUT2D eigenvalue weighted by molar-refractivity contribution is -0.129. The Kier molecular flexibility index (Phi) is 9.00. The fourth-order valence-corrected chi connectivity index (χ4v) is 3.80. The highest BCUT2D eigenvalue weighted by Crippen LogP contribution is 2.27. The average Bonchev–Trinajstić information content (AvgIpc) is 3.14. The van der Waals surface area contributed by atoms with Gasteiger partial charge in [-0.2, -0.15) is 0 Å². The van der Waals surface area contributed by atoms with Crippen molar-refractivity contribution in [3.63, 3.8) is 0 Å². The minimum absolute atomic E-state index is 0.271. The Morgan fingerprint density at radius 2 is 1.83 bits per heavy atom. The van der Waals surface area contributed by atoms with E-state index in [0.717, 1.165) is 50.9 Å². The Bertz CT molecular complexity index is 385. The summed E-state index contributed by atoms with van der Waals surface area (Å²) in [5, 5.41) is 6.58. The van der Waals surface area contributed by atoms with Crippen LogP contribution >= 0.6 is 0 Å². The van der Waals surface area contributed by atoms with E-state index >= 15 is 0 Å². The Hall–Kier alpha value is -1.26. The number of likely N-dealkylation sites (tertiary alicyclic amines) is 1. The molecule has 0 atom stereocenters. The second-order valence-corrected chi connectivity index (χ2v) is 7.17. The van der Waals surface area contributed by atoms with Gasteiger partial charge in [0.2, 0.25) is 5.91 Å². The van der Waals surface area contributed by atoms with E-state index in [1.165, 1.54) is 44.9 Å². The van der Waals surface area contributed by atoms with Crippen molar-refractivity contribution < 1.29 is 4.79 Å². The van der Waals surface area contributed by atoms with E-state index in [1.807, 2.05) is 4.90 Å². The van der Waals surface area contributed by atoms with Gasteiger partial charge in [0.05, 0.1) is 0 Å². The summed E-state index contributed by atoms with van der Waals surface area (Å²) in [6.45, 7) is 6.36. The van der Waals surface area contributed by atoms with Crippen LogP contribution < -0.4 is 10.6 Å². The van der Waals surface area contributed by atoms with Crippen LogP contribution in [0.2, 0.25) is 0 Å². The number of nitrogens with zero attached hydrogens (tertiary/aromatic N) is 2. The van der Waals surface area contributed by atoms with Crippen molar-refractivity contribution in [2.75, 3.05) is 32.7 Å². The van der Waals surface area contributed by atoms with Gasteiger partial charge in [0.25, 0.3) is 0 Å². The minimum atomic E-state index is 0.271. The van der Waals surface area contributed by atoms with Crippen LogP contribution in [0.5, 0.6) is 0 Å². The molecule has 0 aromatic rings. The first kappa shape index (κ1) is 19.1. The molecule has 0 radical (unpaired) electrons. The molecule has 0 bridgehead atoms. The Morgan fingerprint density at radius 3 is 2.54 bits per heavy atom. The number of rotatable bonds is 8. The zero-order valence-corrected chi connectivity index (χ0v) is 15.5. The summed E-state index contributed by atoms with van der Waals surface area (Å²) in [5.74, 6) is 2.06. The standard InChI is InChI=1S/C19H36N4O/c1-2-20-19(21-13-8-11-17-9-4-3-5-10-17)22-14-12-18(24)23-15-6-7-16-23/h17H,2-16H2,1H3,(H2,20,21,22). The van der Waals surface area contributed by atoms with E-state index in [2.05, 4.69) is 22.5 Å². The maximum absolute atomic E-state index is 12.0. The molecule has 1 aliphatic carbocycles. The van der Waals surface area contributed by atoms with E-state index in [1.54, 1.807) is 0 Å². The lowest BCUT2D eigenvalue weighted by atomic mass is 9.86. The van der Waals surface area contributed by atoms with Gasteiger partial charge in [-0.25, -0.2) is 0 Å². The first-order valence-corrected chi connectivity index (χ1v) is 10.1. The molecule has 0 aromatic heterocycles. The number of carbonyl (C=O) groups excluding carboxylic acids is 1. The van der Waals surface area contributed by atoms with Crippen LogP contribution in [-0.4, -0.2) is 49.5 Å². The molecule has 2 rings (SSSR count). The maximum Gasteiger partial charge on any atom is 0.224 e. The predicted molar refractivity (Wildman–Crippen MR) is 100 cm³/mol. The first-order chi connectivity index (χ1) is 11.8. The fraction of sp³-hybridized carbons (Fsp3) is 0.895. The first-order valence-electron chi connectivity index (χ1n) is 10.1. The molecule has 5 nitrogen and oxygen atoms in total. The van der Waals surface area contributed by atoms with Crippen LogP contribution in [0.15, 0.2) is 4.99 Å². The molecule has 24 heavy (non-hydrogen) atoms. The maximum atomic E-state index is 12.0. The smallest absolute Gasteiger partial charge is 0.224 e. The zero-order valence-electron chi connectivity index (χ0n) is 15.5. The van der Waals surface area contributed by atoms with Gasteiger partial charge in [-0.3, -0.25) is 9.79 Å². The van der Waals surface area contributed by atoms with Crippen molar-refractivity contribution in [1.29, 1.82) is 0 Å². The quantitative estimate of drug-likeness (QED) is 0.407. The summed E-state index contributed by atoms with van der Waals surface area (Å²) >= 11 is 0. The number of hydrogen-bond acceptors (Lipinski definition) is 2. The Morgan fingerprint density at radius 1 is 1.08 bits per heavy atom. The molecule has 2 N–H and O–H groups in total. The molecule has 2 fully saturated rings. The van der Waals surface area contributed by atoms with Gasteiger partial charge in [0.15, 0.2) is 5.96 Å². The molecule has 0 unspecified atom stereocenters. The highest BCUT2D eigenvalue weighted by atomic mass is 16.2. The number of hydrogen-bond donors (Lipinski definition) is 2. The zero-order chi connectivity index (χ0) is 17.0. The van der Waals surface area contributed by atoms with Gasteiger partial charge in [-0.05, 0) is 38.5 Å². The molecule has 2 aliphatic rings. The van der Waals surface area contributed by atoms with E-state index in [4.69, 9.17) is 0 Å². The third-order valence-electron chi connectivity index (χ3n) is 5.20. The van der Waals surface area contributed by atoms with Crippen molar-refractivity contribution in [3.05, 3.63) is 0 Å². The topological polar surface area (TPSA) is 56.7 Å². The van der Waals surface area contributed by atoms with Crippen LogP contribution in [0.1, 0.15) is 71.1 Å². The molecule has 1 aliphatic heterocycles. The van der Waals surface area contributed by atoms with Crippen LogP contribution in [0.4, 0.5) is 0 Å². The second-order valence-electron chi connectivity index (χ2n) is 7.17. The number of carbonyl (C=O) groups is 1. The van der Waals surface area contributed by atoms with Gasteiger partial charge >= 0.3 is 0 Å². The molecule has 138 valence electrons. The monoisotopic (exact) mass is 336 g/mol. The van der Waals surface area contributed by atoms with E-state index in [0.29, 0.717) is 13.0 Å². The lowest BCUT2D eigenvalue weighted by Gasteiger charge is -2.21. The largest absolute Gasteiger partial charge is 0.357 e. The summed E-state index contributed by atoms with van der Waals surface area (Å²) in [6.07, 6.45) is 12.5. The van der Waals surface area contributed by atoms with Crippen molar-refractivity contribution >= 4 is 11.9 Å². The van der Waals surface area contributed by atoms with Crippen LogP contribution in [0, 0.1) is 5.92 Å². The van der Waals surface area contributed by atoms with Gasteiger partial charge in [0, 0.05) is 39.1 Å². The van der Waals surface area contributed by atoms with Crippen LogP contribution in [0.25, 0.3) is 0 Å². The van der Waals surface area contributed by atoms with E-state index in [-0.39, 0.29) is 5.91 Å². The summed E-state index contributed by atoms with van der Waals surface area (Å²) in [4.78, 5) is 18.7. The Labute approximate surface area is 147 Å². The predicted octanol–water partition coefficient (Wildman–Crippen LogP) is 2.91. The van der Waals surface area contributed by atoms with Crippen molar-refractivity contribution in [3.8, 4) is 0 Å². The van der Waals surface area contributed by atoms with E-state index in [9.17, 15) is 4.79 Å². The number of nitrogens with one attached hydrogen (secondary N) is 2. The molecule has 1 heterocycles. The van der Waals surface area contributed by atoms with Gasteiger partial charge < -0.3 is 15.5 Å². The minimum Gasteiger partial charge on any atom is -0.357 e. The number of amides is 1. The number of guanidine groups is 1. The molecule has 5 heteroatoms. The molecule has 0 spiro atoms. The highest BCUT2D eigenvalue weighted by Gasteiger charge is 2.17. The normalized spacial score (nSPS) is 19.5. The van der Waals surface area contributed by atoms with Crippen molar-refractivity contribution in [2.45, 2.75) is 71.1 Å². The Balaban J connectivity index is 1.61. The van der Waals surface area contributed by atoms with Crippen LogP contribution in [-0.2, 0) is 4.79 Å². The second kappa shape index (κ2) is 11.3. The molecule has 1 amide bonds. The molecule has 1 saturated heterocycles. The van der Waals surface area contributed by atoms with E-state index < -0.39 is 0 Å². The molecule has 0 aromatic carbocycles. The van der Waals surface area contributed by atoms with Gasteiger partial charge in [-0.15, -0.1) is 0 Å². The summed E-state index contributed by atoms with van der Waals surface area (Å²) < 4.78 is 0. The fourth-order valence-electron chi connectivity index (χ4n) is 3.80. The van der Waals surface area contributed by atoms with Crippen molar-refractivity contribution in [2.24, 2.45) is 10.9 Å². The third kappa shape index (κ3) is 7.10. The van der Waals surface area contributed by atoms with Gasteiger partial charge in [0.1, 0.15) is 0 Å². The average molecular weight is 337 g/mol. The summed E-state index contributed by atoms with van der Waals surface area (Å²) in [5.41, 5.74) is 0. The van der Waals surface area contributed by atoms with Crippen molar-refractivity contribution in [1.82, 2.24) is 15.5 Å². The molecular weight excluding hydrogens is 300 g/mol. The SMILES string of the molecule is CCNC(=NCCCC1CCCCC1)NCCC(=O)N1CCCC1. The third-order valence-corrected chi connectivity index (χ3v) is 5.20. The summed E-state index contributed by atoms with van der Waals surface area (Å²) in [6, 6.07) is 0. The molecule has 1 saturated carbocycles. The molecular formula is C19H36N4O. The highest BCUT2D eigenvalue weighted by molar-refractivity contribution is 5.81. The van der Waals surface area contributed by atoms with Gasteiger partial charge in [-0.1, -0.05) is 32.1 Å². The van der Waals surface area contributed by atoms with Crippen LogP contribution in [0.3, 0.4) is 0 Å². The lowest BCUT2D eigenvalue weighted by Crippen LogP contribution is -2.39. The number of aliphatic imine (C=N–C) groups is 1.